The summed E-state index contributed by atoms with van der Waals surface area (Å²) in [6, 6.07) is 0.246. The average molecular weight is 472 g/mol. The summed E-state index contributed by atoms with van der Waals surface area (Å²) < 4.78 is 24.1. The Hall–Kier alpha value is -3.23. The zero-order valence-electron chi connectivity index (χ0n) is 19.5. The number of rotatable bonds is 7. The van der Waals surface area contributed by atoms with Crippen LogP contribution in [0.2, 0.25) is 0 Å². The lowest BCUT2D eigenvalue weighted by molar-refractivity contribution is -0.165. The highest BCUT2D eigenvalue weighted by Gasteiger charge is 2.50. The van der Waals surface area contributed by atoms with Gasteiger partial charge >= 0.3 is 11.9 Å². The van der Waals surface area contributed by atoms with E-state index in [0.717, 1.165) is 32.3 Å². The molecule has 34 heavy (non-hydrogen) atoms. The number of esters is 2. The molecule has 1 N–H and O–H groups in total. The minimum absolute atomic E-state index is 0.246. The zero-order chi connectivity index (χ0) is 24.2. The molecule has 1 aliphatic heterocycles. The van der Waals surface area contributed by atoms with E-state index in [9.17, 15) is 9.59 Å². The number of nitrogens with one attached hydrogen (secondary N) is 1. The van der Waals surface area contributed by atoms with Gasteiger partial charge in [0.05, 0.1) is 12.4 Å². The van der Waals surface area contributed by atoms with Crippen LogP contribution in [0.5, 0.6) is 0 Å². The Morgan fingerprint density at radius 1 is 1.15 bits per heavy atom. The van der Waals surface area contributed by atoms with Crippen LogP contribution in [-0.2, 0) is 28.5 Å². The minimum Gasteiger partial charge on any atom is -0.455 e. The van der Waals surface area contributed by atoms with Gasteiger partial charge in [-0.3, -0.25) is 14.2 Å². The van der Waals surface area contributed by atoms with Gasteiger partial charge in [-0.15, -0.1) is 6.42 Å². The Labute approximate surface area is 197 Å². The van der Waals surface area contributed by atoms with Crippen LogP contribution >= 0.6 is 0 Å². The van der Waals surface area contributed by atoms with Crippen molar-refractivity contribution >= 4 is 28.9 Å². The van der Waals surface area contributed by atoms with Gasteiger partial charge in [0.1, 0.15) is 6.33 Å². The number of fused-ring (bicyclic) bond motifs is 1. The van der Waals surface area contributed by atoms with Crippen LogP contribution in [0.4, 0.5) is 5.82 Å². The molecule has 2 aliphatic rings. The lowest BCUT2D eigenvalue weighted by Gasteiger charge is -2.29. The monoisotopic (exact) mass is 471 g/mol. The van der Waals surface area contributed by atoms with Gasteiger partial charge in [-0.25, -0.2) is 15.0 Å². The molecule has 2 fully saturated rings. The van der Waals surface area contributed by atoms with Crippen molar-refractivity contribution in [2.75, 3.05) is 11.9 Å². The molecule has 2 aromatic rings. The molecule has 182 valence electrons. The van der Waals surface area contributed by atoms with E-state index in [2.05, 4.69) is 26.2 Å². The normalized spacial score (nSPS) is 28.9. The molecule has 0 spiro atoms. The largest absolute Gasteiger partial charge is 0.455 e. The molecule has 0 radical (unpaired) electrons. The van der Waals surface area contributed by atoms with E-state index >= 15 is 0 Å². The zero-order valence-corrected chi connectivity index (χ0v) is 19.5. The number of hydrogen-bond acceptors (Lipinski definition) is 10. The first-order valence-corrected chi connectivity index (χ1v) is 11.4. The van der Waals surface area contributed by atoms with Gasteiger partial charge in [-0.1, -0.05) is 5.92 Å². The standard InChI is InChI=1S/C23H29N5O6/c1-5-17-19(32-13(3)29)20(33-14(4)30)23(34-17)28-12-26-18-21(24-11-25-22(18)28)27-15-7-9-16(10-8-15)31-6-2/h1,11-12,15-17,19-20,23H,6-10H2,2-4H3,(H,24,25,27)/t15?,16?,17?,19?,20-,23-/m1/s1. The van der Waals surface area contributed by atoms with Crippen molar-refractivity contribution in [3.05, 3.63) is 12.7 Å². The first-order chi connectivity index (χ1) is 16.4. The fraction of sp³-hybridized carbons (Fsp3) is 0.609. The van der Waals surface area contributed by atoms with Crippen molar-refractivity contribution in [1.29, 1.82) is 0 Å². The minimum atomic E-state index is -0.972. The summed E-state index contributed by atoms with van der Waals surface area (Å²) in [5.41, 5.74) is 1.02. The van der Waals surface area contributed by atoms with Gasteiger partial charge in [0, 0.05) is 26.5 Å². The fourth-order valence-electron chi connectivity index (χ4n) is 4.58. The molecular weight excluding hydrogens is 442 g/mol. The van der Waals surface area contributed by atoms with Crippen molar-refractivity contribution in [3.63, 3.8) is 0 Å². The quantitative estimate of drug-likeness (QED) is 0.473. The highest BCUT2D eigenvalue weighted by Crippen LogP contribution is 2.36. The number of anilines is 1. The summed E-state index contributed by atoms with van der Waals surface area (Å²) in [5, 5.41) is 3.48. The van der Waals surface area contributed by atoms with Gasteiger partial charge in [-0.05, 0) is 32.6 Å². The first-order valence-electron chi connectivity index (χ1n) is 11.4. The summed E-state index contributed by atoms with van der Waals surface area (Å²) in [4.78, 5) is 36.7. The van der Waals surface area contributed by atoms with Gasteiger partial charge < -0.3 is 24.3 Å². The Bertz CT molecular complexity index is 1070. The maximum atomic E-state index is 11.8. The third-order valence-corrected chi connectivity index (χ3v) is 6.01. The average Bonchev–Trinajstić information content (AvgIpc) is 3.37. The smallest absolute Gasteiger partial charge is 0.303 e. The van der Waals surface area contributed by atoms with E-state index < -0.39 is 36.5 Å². The number of imidazole rings is 1. The van der Waals surface area contributed by atoms with Gasteiger partial charge in [-0.2, -0.15) is 0 Å². The van der Waals surface area contributed by atoms with Crippen LogP contribution < -0.4 is 5.32 Å². The second kappa shape index (κ2) is 10.4. The Balaban J connectivity index is 1.59. The maximum absolute atomic E-state index is 11.8. The maximum Gasteiger partial charge on any atom is 0.303 e. The molecule has 4 atom stereocenters. The number of carbonyl (C=O) groups is 2. The molecule has 0 amide bonds. The summed E-state index contributed by atoms with van der Waals surface area (Å²) in [5.74, 6) is 1.95. The Kier molecular flexibility index (Phi) is 7.29. The van der Waals surface area contributed by atoms with Crippen molar-refractivity contribution in [2.45, 2.75) is 83.1 Å². The third kappa shape index (κ3) is 4.98. The van der Waals surface area contributed by atoms with E-state index in [4.69, 9.17) is 25.4 Å². The van der Waals surface area contributed by atoms with E-state index in [1.54, 1.807) is 4.57 Å². The predicted molar refractivity (Wildman–Crippen MR) is 120 cm³/mol. The van der Waals surface area contributed by atoms with Crippen molar-refractivity contribution in [2.24, 2.45) is 0 Å². The molecule has 1 aliphatic carbocycles. The van der Waals surface area contributed by atoms with Crippen LogP contribution in [-0.4, -0.2) is 68.5 Å². The molecule has 0 aromatic carbocycles. The summed E-state index contributed by atoms with van der Waals surface area (Å²) >= 11 is 0. The summed E-state index contributed by atoms with van der Waals surface area (Å²) in [6.07, 6.45) is 9.04. The number of aromatic nitrogens is 4. The van der Waals surface area contributed by atoms with Crippen LogP contribution in [0.3, 0.4) is 0 Å². The SMILES string of the molecule is C#CC1O[C@@H](n2cnc3c(NC4CCC(OCC)CC4)ncnc32)[C@H](OC(C)=O)C1OC(C)=O. The number of terminal acetylenes is 1. The number of hydrogen-bond donors (Lipinski definition) is 1. The van der Waals surface area contributed by atoms with Crippen molar-refractivity contribution < 1.29 is 28.5 Å². The third-order valence-electron chi connectivity index (χ3n) is 6.01. The summed E-state index contributed by atoms with van der Waals surface area (Å²) in [7, 11) is 0. The molecule has 2 aromatic heterocycles. The molecule has 4 rings (SSSR count). The second-order valence-electron chi connectivity index (χ2n) is 8.38. The van der Waals surface area contributed by atoms with Gasteiger partial charge in [0.25, 0.3) is 0 Å². The van der Waals surface area contributed by atoms with E-state index in [1.165, 1.54) is 26.5 Å². The lowest BCUT2D eigenvalue weighted by atomic mass is 9.93. The molecule has 0 bridgehead atoms. The van der Waals surface area contributed by atoms with E-state index in [-0.39, 0.29) is 6.04 Å². The van der Waals surface area contributed by atoms with Crippen LogP contribution in [0, 0.1) is 12.3 Å². The molecule has 11 heteroatoms. The number of ether oxygens (including phenoxy) is 4. The summed E-state index contributed by atoms with van der Waals surface area (Å²) in [6.45, 7) is 5.26. The second-order valence-corrected chi connectivity index (χ2v) is 8.38. The number of nitrogens with zero attached hydrogens (tertiary/aromatic N) is 4. The van der Waals surface area contributed by atoms with E-state index in [1.807, 2.05) is 6.92 Å². The van der Waals surface area contributed by atoms with Crippen molar-refractivity contribution in [1.82, 2.24) is 19.5 Å². The van der Waals surface area contributed by atoms with Crippen LogP contribution in [0.1, 0.15) is 52.7 Å². The first kappa shape index (κ1) is 23.9. The van der Waals surface area contributed by atoms with E-state index in [0.29, 0.717) is 23.1 Å². The molecule has 2 unspecified atom stereocenters. The highest BCUT2D eigenvalue weighted by molar-refractivity contribution is 5.83. The molecular formula is C23H29N5O6. The van der Waals surface area contributed by atoms with Gasteiger partial charge in [0.2, 0.25) is 0 Å². The molecule has 1 saturated heterocycles. The molecule has 3 heterocycles. The predicted octanol–water partition coefficient (Wildman–Crippen LogP) is 1.98. The fourth-order valence-corrected chi connectivity index (χ4v) is 4.58. The van der Waals surface area contributed by atoms with Crippen molar-refractivity contribution in [3.8, 4) is 12.3 Å². The van der Waals surface area contributed by atoms with Gasteiger partial charge in [0.15, 0.2) is 41.5 Å². The van der Waals surface area contributed by atoms with Crippen LogP contribution in [0.15, 0.2) is 12.7 Å². The Morgan fingerprint density at radius 2 is 1.85 bits per heavy atom. The Morgan fingerprint density at radius 3 is 2.50 bits per heavy atom. The number of carbonyl (C=O) groups excluding carboxylic acids is 2. The highest BCUT2D eigenvalue weighted by atomic mass is 16.6. The molecule has 11 nitrogen and oxygen atoms in total. The topological polar surface area (TPSA) is 127 Å². The molecule has 1 saturated carbocycles. The van der Waals surface area contributed by atoms with Crippen LogP contribution in [0.25, 0.3) is 11.2 Å². The lowest BCUT2D eigenvalue weighted by Crippen LogP contribution is -2.38.